The summed E-state index contributed by atoms with van der Waals surface area (Å²) < 4.78 is 13.1. The number of nitrogens with zero attached hydrogens (tertiary/aromatic N) is 1. The Morgan fingerprint density at radius 3 is 2.61 bits per heavy atom. The van der Waals surface area contributed by atoms with Crippen LogP contribution in [0.5, 0.6) is 0 Å². The molecule has 3 heteroatoms. The highest BCUT2D eigenvalue weighted by atomic mass is 19.1. The Labute approximate surface area is 105 Å². The molecule has 1 aromatic heterocycles. The van der Waals surface area contributed by atoms with Gasteiger partial charge in [-0.05, 0) is 54.8 Å². The van der Waals surface area contributed by atoms with Crippen LogP contribution in [0.15, 0.2) is 42.7 Å². The van der Waals surface area contributed by atoms with Crippen LogP contribution in [0.3, 0.4) is 0 Å². The second-order valence-corrected chi connectivity index (χ2v) is 4.24. The molecule has 1 heterocycles. The minimum Gasteiger partial charge on any atom is -0.294 e. The van der Waals surface area contributed by atoms with E-state index in [1.54, 1.807) is 25.4 Å². The third kappa shape index (κ3) is 3.00. The van der Waals surface area contributed by atoms with Gasteiger partial charge in [0, 0.05) is 24.4 Å². The van der Waals surface area contributed by atoms with E-state index in [1.165, 1.54) is 12.1 Å². The van der Waals surface area contributed by atoms with Gasteiger partial charge < -0.3 is 0 Å². The van der Waals surface area contributed by atoms with Crippen LogP contribution in [-0.4, -0.2) is 10.8 Å². The van der Waals surface area contributed by atoms with E-state index in [-0.39, 0.29) is 11.6 Å². The fourth-order valence-electron chi connectivity index (χ4n) is 1.77. The van der Waals surface area contributed by atoms with Crippen LogP contribution in [0.4, 0.5) is 4.39 Å². The maximum Gasteiger partial charge on any atom is 0.163 e. The summed E-state index contributed by atoms with van der Waals surface area (Å²) in [6.45, 7) is 1.66. The van der Waals surface area contributed by atoms with Crippen molar-refractivity contribution >= 4 is 5.78 Å². The van der Waals surface area contributed by atoms with Gasteiger partial charge in [-0.15, -0.1) is 0 Å². The molecule has 0 bridgehead atoms. The van der Waals surface area contributed by atoms with Crippen molar-refractivity contribution < 1.29 is 9.18 Å². The van der Waals surface area contributed by atoms with Gasteiger partial charge in [-0.2, -0.15) is 0 Å². The molecule has 0 fully saturated rings. The van der Waals surface area contributed by atoms with Crippen LogP contribution in [0.2, 0.25) is 0 Å². The Morgan fingerprint density at radius 1 is 1.22 bits per heavy atom. The Balaban J connectivity index is 2.02. The van der Waals surface area contributed by atoms with E-state index < -0.39 is 0 Å². The molecule has 18 heavy (non-hydrogen) atoms. The van der Waals surface area contributed by atoms with Crippen LogP contribution < -0.4 is 0 Å². The number of carbonyl (C=O) groups excluding carboxylic acids is 1. The second-order valence-electron chi connectivity index (χ2n) is 4.24. The van der Waals surface area contributed by atoms with Crippen molar-refractivity contribution in [1.82, 2.24) is 4.98 Å². The molecule has 0 saturated carbocycles. The average molecular weight is 243 g/mol. The SMILES string of the molecule is Cc1cc(C(=O)CCc2ccncc2)ccc1F. The molecule has 0 amide bonds. The fraction of sp³-hybridized carbons (Fsp3) is 0.200. The molecule has 0 saturated heterocycles. The number of hydrogen-bond donors (Lipinski definition) is 0. The van der Waals surface area contributed by atoms with Crippen molar-refractivity contribution in [2.24, 2.45) is 0 Å². The molecular formula is C15H14FNO. The van der Waals surface area contributed by atoms with E-state index in [0.29, 0.717) is 24.0 Å². The Kier molecular flexibility index (Phi) is 3.82. The molecule has 0 aliphatic heterocycles. The smallest absolute Gasteiger partial charge is 0.163 e. The molecule has 1 aromatic carbocycles. The molecule has 2 aromatic rings. The fourth-order valence-corrected chi connectivity index (χ4v) is 1.77. The summed E-state index contributed by atoms with van der Waals surface area (Å²) in [6, 6.07) is 8.27. The average Bonchev–Trinajstić information content (AvgIpc) is 2.40. The monoisotopic (exact) mass is 243 g/mol. The number of halogens is 1. The van der Waals surface area contributed by atoms with Crippen molar-refractivity contribution in [2.75, 3.05) is 0 Å². The number of ketones is 1. The zero-order valence-corrected chi connectivity index (χ0v) is 10.2. The molecule has 92 valence electrons. The van der Waals surface area contributed by atoms with Crippen LogP contribution in [0.1, 0.15) is 27.9 Å². The molecule has 0 unspecified atom stereocenters. The van der Waals surface area contributed by atoms with Gasteiger partial charge in [0.25, 0.3) is 0 Å². The Bertz CT molecular complexity index is 552. The molecule has 0 atom stereocenters. The summed E-state index contributed by atoms with van der Waals surface area (Å²) >= 11 is 0. The third-order valence-corrected chi connectivity index (χ3v) is 2.87. The standard InChI is InChI=1S/C15H14FNO/c1-11-10-13(3-4-14(11)16)15(18)5-2-12-6-8-17-9-7-12/h3-4,6-10H,2,5H2,1H3. The lowest BCUT2D eigenvalue weighted by Crippen LogP contribution is -2.02. The molecule has 2 rings (SSSR count). The Hall–Kier alpha value is -2.03. The summed E-state index contributed by atoms with van der Waals surface area (Å²) in [6.07, 6.45) is 4.52. The number of aromatic nitrogens is 1. The molecule has 2 nitrogen and oxygen atoms in total. The van der Waals surface area contributed by atoms with E-state index in [1.807, 2.05) is 12.1 Å². The normalized spacial score (nSPS) is 10.3. The summed E-state index contributed by atoms with van der Waals surface area (Å²) in [5, 5.41) is 0. The maximum absolute atomic E-state index is 13.1. The van der Waals surface area contributed by atoms with Gasteiger partial charge >= 0.3 is 0 Å². The molecular weight excluding hydrogens is 229 g/mol. The lowest BCUT2D eigenvalue weighted by molar-refractivity contribution is 0.0982. The first kappa shape index (κ1) is 12.4. The van der Waals surface area contributed by atoms with Gasteiger partial charge in [0.15, 0.2) is 5.78 Å². The highest BCUT2D eigenvalue weighted by Gasteiger charge is 2.08. The molecule has 0 aliphatic carbocycles. The molecule has 0 N–H and O–H groups in total. The van der Waals surface area contributed by atoms with Gasteiger partial charge in [-0.3, -0.25) is 9.78 Å². The van der Waals surface area contributed by atoms with Gasteiger partial charge in [0.05, 0.1) is 0 Å². The number of benzene rings is 1. The first-order valence-corrected chi connectivity index (χ1v) is 5.85. The van der Waals surface area contributed by atoms with Crippen LogP contribution in [-0.2, 0) is 6.42 Å². The maximum atomic E-state index is 13.1. The zero-order valence-electron chi connectivity index (χ0n) is 10.2. The van der Waals surface area contributed by atoms with Crippen molar-refractivity contribution in [3.8, 4) is 0 Å². The predicted octanol–water partition coefficient (Wildman–Crippen LogP) is 3.34. The quantitative estimate of drug-likeness (QED) is 0.771. The second kappa shape index (κ2) is 5.54. The minimum atomic E-state index is -0.277. The van der Waals surface area contributed by atoms with Crippen LogP contribution in [0.25, 0.3) is 0 Å². The van der Waals surface area contributed by atoms with E-state index in [4.69, 9.17) is 0 Å². The van der Waals surface area contributed by atoms with Gasteiger partial charge in [-0.1, -0.05) is 0 Å². The first-order chi connectivity index (χ1) is 8.66. The van der Waals surface area contributed by atoms with E-state index >= 15 is 0 Å². The summed E-state index contributed by atoms with van der Waals surface area (Å²) in [4.78, 5) is 15.9. The zero-order chi connectivity index (χ0) is 13.0. The van der Waals surface area contributed by atoms with Gasteiger partial charge in [-0.25, -0.2) is 4.39 Å². The lowest BCUT2D eigenvalue weighted by atomic mass is 10.0. The number of Topliss-reactive ketones (excluding diaryl/α,β-unsaturated/α-hetero) is 1. The topological polar surface area (TPSA) is 30.0 Å². The van der Waals surface area contributed by atoms with Crippen molar-refractivity contribution in [2.45, 2.75) is 19.8 Å². The number of pyridine rings is 1. The number of aryl methyl sites for hydroxylation is 2. The molecule has 0 spiro atoms. The number of carbonyl (C=O) groups is 1. The van der Waals surface area contributed by atoms with Crippen molar-refractivity contribution in [1.29, 1.82) is 0 Å². The largest absolute Gasteiger partial charge is 0.294 e. The highest BCUT2D eigenvalue weighted by molar-refractivity contribution is 5.96. The highest BCUT2D eigenvalue weighted by Crippen LogP contribution is 2.12. The lowest BCUT2D eigenvalue weighted by Gasteiger charge is -2.03. The van der Waals surface area contributed by atoms with Crippen LogP contribution >= 0.6 is 0 Å². The van der Waals surface area contributed by atoms with Gasteiger partial charge in [0.2, 0.25) is 0 Å². The summed E-state index contributed by atoms with van der Waals surface area (Å²) in [5.41, 5.74) is 2.16. The third-order valence-electron chi connectivity index (χ3n) is 2.87. The summed E-state index contributed by atoms with van der Waals surface area (Å²) in [7, 11) is 0. The molecule has 0 radical (unpaired) electrons. The minimum absolute atomic E-state index is 0.0370. The predicted molar refractivity (Wildman–Crippen MR) is 68.0 cm³/mol. The van der Waals surface area contributed by atoms with Crippen LogP contribution in [0, 0.1) is 12.7 Å². The number of rotatable bonds is 4. The van der Waals surface area contributed by atoms with Gasteiger partial charge in [0.1, 0.15) is 5.82 Å². The molecule has 0 aliphatic rings. The van der Waals surface area contributed by atoms with E-state index in [9.17, 15) is 9.18 Å². The first-order valence-electron chi connectivity index (χ1n) is 5.85. The van der Waals surface area contributed by atoms with E-state index in [0.717, 1.165) is 5.56 Å². The van der Waals surface area contributed by atoms with Crippen molar-refractivity contribution in [3.63, 3.8) is 0 Å². The number of hydrogen-bond acceptors (Lipinski definition) is 2. The van der Waals surface area contributed by atoms with Crippen molar-refractivity contribution in [3.05, 3.63) is 65.2 Å². The Morgan fingerprint density at radius 2 is 1.94 bits per heavy atom. The van der Waals surface area contributed by atoms with E-state index in [2.05, 4.69) is 4.98 Å². The summed E-state index contributed by atoms with van der Waals surface area (Å²) in [5.74, 6) is -0.240.